The molecule has 0 saturated heterocycles. The molecule has 0 N–H and O–H groups in total. The third-order valence-corrected chi connectivity index (χ3v) is 3.82. The third-order valence-electron chi connectivity index (χ3n) is 3.82. The standard InChI is InChI=1S/C19H32/c1-12(2)11-16-9-10-17(13(3)4)19(15(7)8)18(16)14(5)6/h9-10,12-15H,11H2,1-8H3. The number of hydrogen-bond acceptors (Lipinski definition) is 0. The number of benzene rings is 1. The summed E-state index contributed by atoms with van der Waals surface area (Å²) in [5.41, 5.74) is 6.35. The minimum absolute atomic E-state index is 0.613. The maximum Gasteiger partial charge on any atom is -0.0213 e. The van der Waals surface area contributed by atoms with E-state index in [1.807, 2.05) is 0 Å². The van der Waals surface area contributed by atoms with E-state index in [0.717, 1.165) is 5.92 Å². The Kier molecular flexibility index (Phi) is 5.64. The Morgan fingerprint density at radius 1 is 0.684 bits per heavy atom. The molecule has 0 radical (unpaired) electrons. The van der Waals surface area contributed by atoms with E-state index in [1.165, 1.54) is 6.42 Å². The molecule has 0 heterocycles. The Bertz CT molecular complexity index is 408. The fourth-order valence-corrected chi connectivity index (χ4v) is 3.15. The zero-order chi connectivity index (χ0) is 14.7. The highest BCUT2D eigenvalue weighted by atomic mass is 14.2. The number of rotatable bonds is 5. The molecule has 0 aliphatic carbocycles. The molecule has 0 fully saturated rings. The summed E-state index contributed by atoms with van der Waals surface area (Å²) in [5.74, 6) is 2.57. The molecule has 1 aromatic carbocycles. The summed E-state index contributed by atoms with van der Waals surface area (Å²) >= 11 is 0. The van der Waals surface area contributed by atoms with Crippen LogP contribution in [0.3, 0.4) is 0 Å². The minimum Gasteiger partial charge on any atom is -0.0625 e. The zero-order valence-electron chi connectivity index (χ0n) is 14.2. The molecule has 0 nitrogen and oxygen atoms in total. The van der Waals surface area contributed by atoms with Gasteiger partial charge in [0, 0.05) is 0 Å². The lowest BCUT2D eigenvalue weighted by molar-refractivity contribution is 0.632. The van der Waals surface area contributed by atoms with Gasteiger partial charge >= 0.3 is 0 Å². The molecule has 1 aromatic rings. The van der Waals surface area contributed by atoms with Crippen molar-refractivity contribution in [1.82, 2.24) is 0 Å². The Labute approximate surface area is 120 Å². The Hall–Kier alpha value is -0.780. The van der Waals surface area contributed by atoms with Crippen molar-refractivity contribution in [3.63, 3.8) is 0 Å². The van der Waals surface area contributed by atoms with Crippen molar-refractivity contribution >= 4 is 0 Å². The Balaban J connectivity index is 3.49. The second-order valence-corrected chi connectivity index (χ2v) is 7.20. The van der Waals surface area contributed by atoms with Crippen LogP contribution in [0.2, 0.25) is 0 Å². The minimum atomic E-state index is 0.613. The van der Waals surface area contributed by atoms with Crippen molar-refractivity contribution < 1.29 is 0 Å². The van der Waals surface area contributed by atoms with E-state index in [1.54, 1.807) is 22.3 Å². The van der Waals surface area contributed by atoms with Crippen LogP contribution in [0.5, 0.6) is 0 Å². The summed E-state index contributed by atoms with van der Waals surface area (Å²) in [6.07, 6.45) is 1.20. The van der Waals surface area contributed by atoms with Gasteiger partial charge in [0.1, 0.15) is 0 Å². The van der Waals surface area contributed by atoms with Crippen LogP contribution in [-0.2, 0) is 6.42 Å². The zero-order valence-corrected chi connectivity index (χ0v) is 14.2. The van der Waals surface area contributed by atoms with Crippen LogP contribution < -0.4 is 0 Å². The van der Waals surface area contributed by atoms with Crippen molar-refractivity contribution in [1.29, 1.82) is 0 Å². The van der Waals surface area contributed by atoms with E-state index in [9.17, 15) is 0 Å². The van der Waals surface area contributed by atoms with Crippen molar-refractivity contribution in [3.8, 4) is 0 Å². The SMILES string of the molecule is CC(C)Cc1ccc(C(C)C)c(C(C)C)c1C(C)C. The number of hydrogen-bond donors (Lipinski definition) is 0. The molecule has 0 saturated carbocycles. The van der Waals surface area contributed by atoms with E-state index >= 15 is 0 Å². The van der Waals surface area contributed by atoms with Gasteiger partial charge in [0.2, 0.25) is 0 Å². The van der Waals surface area contributed by atoms with Crippen molar-refractivity contribution in [2.75, 3.05) is 0 Å². The molecule has 0 heteroatoms. The highest BCUT2D eigenvalue weighted by Crippen LogP contribution is 2.36. The van der Waals surface area contributed by atoms with Crippen LogP contribution in [0.4, 0.5) is 0 Å². The molecule has 0 unspecified atom stereocenters. The van der Waals surface area contributed by atoms with E-state index < -0.39 is 0 Å². The van der Waals surface area contributed by atoms with Gasteiger partial charge in [-0.05, 0) is 52.3 Å². The largest absolute Gasteiger partial charge is 0.0625 e. The Morgan fingerprint density at radius 3 is 1.58 bits per heavy atom. The lowest BCUT2D eigenvalue weighted by Gasteiger charge is -2.26. The van der Waals surface area contributed by atoms with Crippen LogP contribution in [0, 0.1) is 5.92 Å². The van der Waals surface area contributed by atoms with Gasteiger partial charge in [-0.15, -0.1) is 0 Å². The Morgan fingerprint density at radius 2 is 1.21 bits per heavy atom. The van der Waals surface area contributed by atoms with Gasteiger partial charge < -0.3 is 0 Å². The molecule has 0 aliphatic heterocycles. The van der Waals surface area contributed by atoms with Crippen LogP contribution in [0.15, 0.2) is 12.1 Å². The molecule has 0 aromatic heterocycles. The molecule has 0 aliphatic rings. The summed E-state index contributed by atoms with van der Waals surface area (Å²) in [7, 11) is 0. The van der Waals surface area contributed by atoms with Gasteiger partial charge in [0.25, 0.3) is 0 Å². The lowest BCUT2D eigenvalue weighted by atomic mass is 9.79. The highest BCUT2D eigenvalue weighted by molar-refractivity contribution is 5.46. The average Bonchev–Trinajstić information content (AvgIpc) is 2.26. The molecule has 1 rings (SSSR count). The predicted octanol–water partition coefficient (Wildman–Crippen LogP) is 6.26. The van der Waals surface area contributed by atoms with Gasteiger partial charge in [0.15, 0.2) is 0 Å². The summed E-state index contributed by atoms with van der Waals surface area (Å²) in [4.78, 5) is 0. The lowest BCUT2D eigenvalue weighted by Crippen LogP contribution is -2.10. The van der Waals surface area contributed by atoms with Crippen molar-refractivity contribution in [3.05, 3.63) is 34.4 Å². The second kappa shape index (κ2) is 6.59. The van der Waals surface area contributed by atoms with Crippen LogP contribution >= 0.6 is 0 Å². The smallest absolute Gasteiger partial charge is 0.0213 e. The maximum absolute atomic E-state index is 2.39. The van der Waals surface area contributed by atoms with Crippen molar-refractivity contribution in [2.45, 2.75) is 79.6 Å². The quantitative estimate of drug-likeness (QED) is 0.586. The van der Waals surface area contributed by atoms with E-state index in [4.69, 9.17) is 0 Å². The molecular weight excluding hydrogens is 228 g/mol. The molecule has 0 atom stereocenters. The van der Waals surface area contributed by atoms with Crippen LogP contribution in [0.1, 0.15) is 95.4 Å². The van der Waals surface area contributed by atoms with Crippen LogP contribution in [0.25, 0.3) is 0 Å². The first-order valence-corrected chi connectivity index (χ1v) is 7.91. The molecule has 108 valence electrons. The highest BCUT2D eigenvalue weighted by Gasteiger charge is 2.20. The van der Waals surface area contributed by atoms with Crippen molar-refractivity contribution in [2.24, 2.45) is 5.92 Å². The first kappa shape index (κ1) is 16.3. The van der Waals surface area contributed by atoms with E-state index in [-0.39, 0.29) is 0 Å². The second-order valence-electron chi connectivity index (χ2n) is 7.20. The molecular formula is C19H32. The summed E-state index contributed by atoms with van der Waals surface area (Å²) < 4.78 is 0. The average molecular weight is 260 g/mol. The first-order valence-electron chi connectivity index (χ1n) is 7.91. The van der Waals surface area contributed by atoms with Gasteiger partial charge in [-0.2, -0.15) is 0 Å². The van der Waals surface area contributed by atoms with Gasteiger partial charge in [0.05, 0.1) is 0 Å². The van der Waals surface area contributed by atoms with E-state index in [2.05, 4.69) is 67.5 Å². The fourth-order valence-electron chi connectivity index (χ4n) is 3.15. The summed E-state index contributed by atoms with van der Waals surface area (Å²) in [5, 5.41) is 0. The van der Waals surface area contributed by atoms with Gasteiger partial charge in [-0.25, -0.2) is 0 Å². The topological polar surface area (TPSA) is 0 Å². The first-order chi connectivity index (χ1) is 8.75. The van der Waals surface area contributed by atoms with Crippen LogP contribution in [-0.4, -0.2) is 0 Å². The third kappa shape index (κ3) is 3.84. The molecule has 0 spiro atoms. The molecule has 0 amide bonds. The normalized spacial score (nSPS) is 12.2. The summed E-state index contributed by atoms with van der Waals surface area (Å²) in [6.45, 7) is 18.6. The fraction of sp³-hybridized carbons (Fsp3) is 0.684. The summed E-state index contributed by atoms with van der Waals surface area (Å²) in [6, 6.07) is 4.76. The predicted molar refractivity (Wildman–Crippen MR) is 87.3 cm³/mol. The van der Waals surface area contributed by atoms with Gasteiger partial charge in [-0.3, -0.25) is 0 Å². The van der Waals surface area contributed by atoms with E-state index in [0.29, 0.717) is 17.8 Å². The molecule has 0 bridgehead atoms. The van der Waals surface area contributed by atoms with Gasteiger partial charge in [-0.1, -0.05) is 67.5 Å². The maximum atomic E-state index is 2.39. The monoisotopic (exact) mass is 260 g/mol. The molecule has 19 heavy (non-hydrogen) atoms.